The summed E-state index contributed by atoms with van der Waals surface area (Å²) in [7, 11) is 0. The molecule has 0 saturated carbocycles. The van der Waals surface area contributed by atoms with Crippen LogP contribution in [0.3, 0.4) is 0 Å². The van der Waals surface area contributed by atoms with E-state index in [-0.39, 0.29) is 0 Å². The van der Waals surface area contributed by atoms with Crippen molar-refractivity contribution >= 4 is 0 Å². The van der Waals surface area contributed by atoms with E-state index in [2.05, 4.69) is 27.3 Å². The van der Waals surface area contributed by atoms with Crippen LogP contribution in [0, 0.1) is 5.92 Å². The van der Waals surface area contributed by atoms with Gasteiger partial charge in [-0.3, -0.25) is 0 Å². The molecule has 0 amide bonds. The number of piperidine rings is 3. The van der Waals surface area contributed by atoms with E-state index in [9.17, 15) is 0 Å². The summed E-state index contributed by atoms with van der Waals surface area (Å²) in [5.41, 5.74) is 1.30. The minimum atomic E-state index is 0.718. The predicted molar refractivity (Wildman–Crippen MR) is 60.6 cm³/mol. The molecule has 82 valence electrons. The Morgan fingerprint density at radius 2 is 2.27 bits per heavy atom. The van der Waals surface area contributed by atoms with Gasteiger partial charge in [0, 0.05) is 31.0 Å². The van der Waals surface area contributed by atoms with Crippen LogP contribution >= 0.6 is 0 Å². The van der Waals surface area contributed by atoms with Gasteiger partial charge in [-0.05, 0) is 44.0 Å². The Balaban J connectivity index is 1.55. The summed E-state index contributed by atoms with van der Waals surface area (Å²) in [5, 5.41) is 3.68. The molecule has 2 N–H and O–H groups in total. The molecule has 3 nitrogen and oxygen atoms in total. The molecule has 3 fully saturated rings. The van der Waals surface area contributed by atoms with Gasteiger partial charge in [0.05, 0.1) is 0 Å². The van der Waals surface area contributed by atoms with Crippen molar-refractivity contribution in [3.05, 3.63) is 24.0 Å². The molecule has 3 aliphatic rings. The molecule has 4 rings (SSSR count). The number of nitrogens with one attached hydrogen (secondary N) is 2. The first-order valence-corrected chi connectivity index (χ1v) is 6.00. The summed E-state index contributed by atoms with van der Waals surface area (Å²) >= 11 is 0. The van der Waals surface area contributed by atoms with E-state index in [0.29, 0.717) is 0 Å². The SMILES string of the molecule is c1c[nH]c(CNC2CN3CCC2CC3)c1. The van der Waals surface area contributed by atoms with Crippen molar-refractivity contribution in [1.82, 2.24) is 15.2 Å². The fourth-order valence-electron chi connectivity index (χ4n) is 2.91. The van der Waals surface area contributed by atoms with Crippen molar-refractivity contribution in [2.45, 2.75) is 25.4 Å². The predicted octanol–water partition coefficient (Wildman–Crippen LogP) is 1.20. The lowest BCUT2D eigenvalue weighted by atomic mass is 9.84. The summed E-state index contributed by atoms with van der Waals surface area (Å²) in [6.45, 7) is 4.89. The van der Waals surface area contributed by atoms with Crippen molar-refractivity contribution in [3.8, 4) is 0 Å². The Kier molecular flexibility index (Phi) is 2.51. The summed E-state index contributed by atoms with van der Waals surface area (Å²) in [4.78, 5) is 5.83. The quantitative estimate of drug-likeness (QED) is 0.777. The first-order chi connectivity index (χ1) is 7.42. The number of nitrogens with zero attached hydrogens (tertiary/aromatic N) is 1. The fraction of sp³-hybridized carbons (Fsp3) is 0.667. The van der Waals surface area contributed by atoms with E-state index >= 15 is 0 Å². The van der Waals surface area contributed by atoms with Gasteiger partial charge < -0.3 is 15.2 Å². The molecular weight excluding hydrogens is 186 g/mol. The maximum atomic E-state index is 3.68. The van der Waals surface area contributed by atoms with Crippen molar-refractivity contribution in [1.29, 1.82) is 0 Å². The molecule has 0 aromatic carbocycles. The lowest BCUT2D eigenvalue weighted by Gasteiger charge is -2.45. The van der Waals surface area contributed by atoms with E-state index in [4.69, 9.17) is 0 Å². The average Bonchev–Trinajstić information content (AvgIpc) is 2.81. The second-order valence-electron chi connectivity index (χ2n) is 4.82. The monoisotopic (exact) mass is 205 g/mol. The van der Waals surface area contributed by atoms with Gasteiger partial charge in [0.25, 0.3) is 0 Å². The Bertz CT molecular complexity index is 299. The summed E-state index contributed by atoms with van der Waals surface area (Å²) in [5.74, 6) is 0.921. The van der Waals surface area contributed by atoms with Crippen LogP contribution in [0.4, 0.5) is 0 Å². The maximum absolute atomic E-state index is 3.68. The van der Waals surface area contributed by atoms with Crippen LogP contribution in [0.15, 0.2) is 18.3 Å². The van der Waals surface area contributed by atoms with Gasteiger partial charge >= 0.3 is 0 Å². The standard InChI is InChI=1S/C12H19N3/c1-2-11(13-5-1)8-14-12-9-15-6-3-10(12)4-7-15/h1-2,5,10,12-14H,3-4,6-9H2. The zero-order chi connectivity index (χ0) is 10.1. The molecule has 1 atom stereocenters. The molecule has 1 unspecified atom stereocenters. The second kappa shape index (κ2) is 3.99. The minimum Gasteiger partial charge on any atom is -0.364 e. The van der Waals surface area contributed by atoms with Crippen LogP contribution in [0.1, 0.15) is 18.5 Å². The number of aromatic amines is 1. The summed E-state index contributed by atoms with van der Waals surface area (Å²) in [6.07, 6.45) is 4.78. The van der Waals surface area contributed by atoms with Crippen molar-refractivity contribution in [2.75, 3.05) is 19.6 Å². The molecular formula is C12H19N3. The normalized spacial score (nSPS) is 34.5. The number of hydrogen-bond acceptors (Lipinski definition) is 2. The number of H-pyrrole nitrogens is 1. The highest BCUT2D eigenvalue weighted by molar-refractivity contribution is 5.04. The smallest absolute Gasteiger partial charge is 0.0360 e. The van der Waals surface area contributed by atoms with Crippen LogP contribution in [0.5, 0.6) is 0 Å². The van der Waals surface area contributed by atoms with E-state index in [1.54, 1.807) is 0 Å². The van der Waals surface area contributed by atoms with Crippen molar-refractivity contribution < 1.29 is 0 Å². The first-order valence-electron chi connectivity index (χ1n) is 6.00. The van der Waals surface area contributed by atoms with Crippen molar-refractivity contribution in [2.24, 2.45) is 5.92 Å². The van der Waals surface area contributed by atoms with Crippen LogP contribution in [0.2, 0.25) is 0 Å². The Hall–Kier alpha value is -0.800. The third kappa shape index (κ3) is 1.94. The van der Waals surface area contributed by atoms with Gasteiger partial charge in [0.1, 0.15) is 0 Å². The molecule has 1 aromatic rings. The lowest BCUT2D eigenvalue weighted by molar-refractivity contribution is 0.0719. The zero-order valence-electron chi connectivity index (χ0n) is 9.08. The molecule has 3 heteroatoms. The molecule has 4 heterocycles. The Labute approximate surface area is 90.9 Å². The third-order valence-corrected chi connectivity index (χ3v) is 3.87. The van der Waals surface area contributed by atoms with Gasteiger partial charge in [-0.15, -0.1) is 0 Å². The van der Waals surface area contributed by atoms with E-state index in [1.165, 1.54) is 38.2 Å². The Morgan fingerprint density at radius 3 is 2.87 bits per heavy atom. The van der Waals surface area contributed by atoms with Gasteiger partial charge in [-0.2, -0.15) is 0 Å². The summed E-state index contributed by atoms with van der Waals surface area (Å²) < 4.78 is 0. The van der Waals surface area contributed by atoms with Crippen LogP contribution < -0.4 is 5.32 Å². The highest BCUT2D eigenvalue weighted by Gasteiger charge is 2.33. The number of fused-ring (bicyclic) bond motifs is 3. The van der Waals surface area contributed by atoms with Gasteiger partial charge in [-0.25, -0.2) is 0 Å². The number of hydrogen-bond donors (Lipinski definition) is 2. The minimum absolute atomic E-state index is 0.718. The zero-order valence-corrected chi connectivity index (χ0v) is 9.08. The molecule has 2 bridgehead atoms. The molecule has 3 saturated heterocycles. The lowest BCUT2D eigenvalue weighted by Crippen LogP contribution is -2.55. The highest BCUT2D eigenvalue weighted by atomic mass is 15.2. The van der Waals surface area contributed by atoms with Gasteiger partial charge in [0.15, 0.2) is 0 Å². The second-order valence-corrected chi connectivity index (χ2v) is 4.82. The highest BCUT2D eigenvalue weighted by Crippen LogP contribution is 2.27. The van der Waals surface area contributed by atoms with Gasteiger partial charge in [-0.1, -0.05) is 0 Å². The van der Waals surface area contributed by atoms with E-state index in [0.717, 1.165) is 18.5 Å². The van der Waals surface area contributed by atoms with Crippen molar-refractivity contribution in [3.63, 3.8) is 0 Å². The average molecular weight is 205 g/mol. The topological polar surface area (TPSA) is 31.1 Å². The molecule has 0 radical (unpaired) electrons. The molecule has 1 aromatic heterocycles. The fourth-order valence-corrected chi connectivity index (χ4v) is 2.91. The number of aromatic nitrogens is 1. The molecule has 15 heavy (non-hydrogen) atoms. The number of rotatable bonds is 3. The third-order valence-electron chi connectivity index (χ3n) is 3.87. The van der Waals surface area contributed by atoms with Crippen LogP contribution in [-0.2, 0) is 6.54 Å². The van der Waals surface area contributed by atoms with Gasteiger partial charge in [0.2, 0.25) is 0 Å². The molecule has 0 aliphatic carbocycles. The van der Waals surface area contributed by atoms with E-state index in [1.807, 2.05) is 6.20 Å². The maximum Gasteiger partial charge on any atom is 0.0360 e. The van der Waals surface area contributed by atoms with E-state index < -0.39 is 0 Å². The molecule has 0 spiro atoms. The Morgan fingerprint density at radius 1 is 1.40 bits per heavy atom. The summed E-state index contributed by atoms with van der Waals surface area (Å²) in [6, 6.07) is 4.93. The van der Waals surface area contributed by atoms with Crippen LogP contribution in [0.25, 0.3) is 0 Å². The van der Waals surface area contributed by atoms with Crippen LogP contribution in [-0.4, -0.2) is 35.6 Å². The first kappa shape index (κ1) is 9.43. The molecule has 3 aliphatic heterocycles. The largest absolute Gasteiger partial charge is 0.364 e.